The molecule has 1 aromatic rings. The Hall–Kier alpha value is -0.960. The zero-order valence-corrected chi connectivity index (χ0v) is 13.1. The Kier molecular flexibility index (Phi) is 7.14. The minimum absolute atomic E-state index is 0.0796. The average Bonchev–Trinajstić information content (AvgIpc) is 2.78. The number of aromatic amines is 1. The zero-order valence-electron chi connectivity index (χ0n) is 12.3. The van der Waals surface area contributed by atoms with Crippen molar-refractivity contribution in [1.29, 1.82) is 0 Å². The summed E-state index contributed by atoms with van der Waals surface area (Å²) in [5, 5.41) is 9.93. The first-order valence-electron chi connectivity index (χ1n) is 6.76. The van der Waals surface area contributed by atoms with Crippen molar-refractivity contribution in [2.45, 2.75) is 38.3 Å². The van der Waals surface area contributed by atoms with E-state index in [0.29, 0.717) is 31.7 Å². The molecule has 8 heteroatoms. The van der Waals surface area contributed by atoms with E-state index in [4.69, 9.17) is 4.74 Å². The number of aromatic nitrogens is 2. The van der Waals surface area contributed by atoms with Crippen molar-refractivity contribution in [1.82, 2.24) is 20.2 Å². The number of hydrogen-bond acceptors (Lipinski definition) is 5. The van der Waals surface area contributed by atoms with E-state index in [1.165, 1.54) is 0 Å². The summed E-state index contributed by atoms with van der Waals surface area (Å²) in [5.74, 6) is 0. The molecule has 7 nitrogen and oxygen atoms in total. The number of rotatable bonds is 10. The van der Waals surface area contributed by atoms with Crippen molar-refractivity contribution in [2.75, 3.05) is 26.8 Å². The van der Waals surface area contributed by atoms with Gasteiger partial charge in [-0.2, -0.15) is 5.10 Å². The molecule has 0 atom stereocenters. The van der Waals surface area contributed by atoms with Crippen LogP contribution in [-0.4, -0.2) is 45.4 Å². The van der Waals surface area contributed by atoms with Crippen LogP contribution in [0.15, 0.2) is 5.03 Å². The summed E-state index contributed by atoms with van der Waals surface area (Å²) in [4.78, 5) is 0. The maximum Gasteiger partial charge on any atom is 0.260 e. The highest BCUT2D eigenvalue weighted by atomic mass is 32.2. The van der Waals surface area contributed by atoms with Gasteiger partial charge in [-0.1, -0.05) is 6.92 Å². The highest BCUT2D eigenvalue weighted by molar-refractivity contribution is 7.89. The number of ether oxygens (including phenoxy) is 1. The van der Waals surface area contributed by atoms with Gasteiger partial charge in [-0.3, -0.25) is 5.10 Å². The highest BCUT2D eigenvalue weighted by Crippen LogP contribution is 2.15. The largest absolute Gasteiger partial charge is 0.385 e. The number of nitrogens with zero attached hydrogens (tertiary/aromatic N) is 1. The normalized spacial score (nSPS) is 11.9. The number of nitrogens with one attached hydrogen (secondary N) is 3. The maximum atomic E-state index is 12.2. The van der Waals surface area contributed by atoms with Crippen LogP contribution in [0.4, 0.5) is 0 Å². The third kappa shape index (κ3) is 4.86. The number of hydrogen-bond donors (Lipinski definition) is 3. The van der Waals surface area contributed by atoms with Gasteiger partial charge in [0.25, 0.3) is 10.0 Å². The van der Waals surface area contributed by atoms with Gasteiger partial charge in [-0.05, 0) is 26.3 Å². The molecule has 20 heavy (non-hydrogen) atoms. The minimum Gasteiger partial charge on any atom is -0.385 e. The van der Waals surface area contributed by atoms with E-state index in [-0.39, 0.29) is 5.03 Å². The summed E-state index contributed by atoms with van der Waals surface area (Å²) in [6.45, 7) is 6.07. The van der Waals surface area contributed by atoms with E-state index in [2.05, 4.69) is 27.2 Å². The first-order chi connectivity index (χ1) is 9.53. The highest BCUT2D eigenvalue weighted by Gasteiger charge is 2.22. The van der Waals surface area contributed by atoms with Gasteiger partial charge in [0.2, 0.25) is 0 Å². The lowest BCUT2D eigenvalue weighted by Crippen LogP contribution is -2.27. The molecule has 0 aliphatic heterocycles. The van der Waals surface area contributed by atoms with Gasteiger partial charge in [0.1, 0.15) is 0 Å². The van der Waals surface area contributed by atoms with E-state index < -0.39 is 10.0 Å². The molecule has 0 aliphatic rings. The Morgan fingerprint density at radius 3 is 2.75 bits per heavy atom. The second kappa shape index (κ2) is 8.35. The molecule has 1 heterocycles. The number of sulfonamides is 1. The average molecular weight is 304 g/mol. The van der Waals surface area contributed by atoms with Gasteiger partial charge in [-0.25, -0.2) is 13.1 Å². The molecule has 3 N–H and O–H groups in total. The number of aryl methyl sites for hydroxylation is 1. The summed E-state index contributed by atoms with van der Waals surface area (Å²) in [6.07, 6.45) is 1.62. The molecular formula is C12H24N4O3S. The summed E-state index contributed by atoms with van der Waals surface area (Å²) >= 11 is 0. The van der Waals surface area contributed by atoms with E-state index in [9.17, 15) is 8.42 Å². The second-order valence-corrected chi connectivity index (χ2v) is 6.24. The van der Waals surface area contributed by atoms with Gasteiger partial charge in [0.15, 0.2) is 5.03 Å². The van der Waals surface area contributed by atoms with Crippen molar-refractivity contribution < 1.29 is 13.2 Å². The quantitative estimate of drug-likeness (QED) is 0.548. The van der Waals surface area contributed by atoms with Crippen LogP contribution in [0.3, 0.4) is 0 Å². The van der Waals surface area contributed by atoms with Crippen LogP contribution < -0.4 is 10.0 Å². The summed E-state index contributed by atoms with van der Waals surface area (Å²) < 4.78 is 31.8. The third-order valence-electron chi connectivity index (χ3n) is 2.84. The van der Waals surface area contributed by atoms with Crippen molar-refractivity contribution in [3.05, 3.63) is 11.3 Å². The predicted molar refractivity (Wildman–Crippen MR) is 77.0 cm³/mol. The first-order valence-corrected chi connectivity index (χ1v) is 8.24. The van der Waals surface area contributed by atoms with Crippen LogP contribution in [-0.2, 0) is 21.3 Å². The Bertz CT molecular complexity index is 499. The smallest absolute Gasteiger partial charge is 0.260 e. The van der Waals surface area contributed by atoms with Crippen LogP contribution in [0.5, 0.6) is 0 Å². The number of H-pyrrole nitrogens is 1. The standard InChI is InChI=1S/C12H24N4O3S/c1-4-6-13-9-11-10(2)15-16-12(11)20(17,18)14-7-5-8-19-3/h13-14H,4-9H2,1-3H3,(H,15,16). The Labute approximate surface area is 120 Å². The molecule has 0 aromatic carbocycles. The summed E-state index contributed by atoms with van der Waals surface area (Å²) in [7, 11) is -1.99. The fourth-order valence-corrected chi connectivity index (χ4v) is 3.01. The van der Waals surface area contributed by atoms with Crippen molar-refractivity contribution in [3.63, 3.8) is 0 Å². The monoisotopic (exact) mass is 304 g/mol. The molecule has 0 amide bonds. The van der Waals surface area contributed by atoms with Crippen LogP contribution in [0.2, 0.25) is 0 Å². The molecular weight excluding hydrogens is 280 g/mol. The van der Waals surface area contributed by atoms with E-state index in [1.807, 2.05) is 6.92 Å². The third-order valence-corrected chi connectivity index (χ3v) is 4.27. The predicted octanol–water partition coefficient (Wildman–Crippen LogP) is 0.533. The summed E-state index contributed by atoms with van der Waals surface area (Å²) in [6, 6.07) is 0. The molecule has 0 saturated carbocycles. The van der Waals surface area contributed by atoms with Gasteiger partial charge in [0.05, 0.1) is 0 Å². The van der Waals surface area contributed by atoms with Crippen LogP contribution in [0, 0.1) is 6.92 Å². The van der Waals surface area contributed by atoms with Crippen LogP contribution >= 0.6 is 0 Å². The van der Waals surface area contributed by atoms with E-state index in [0.717, 1.165) is 18.7 Å². The lowest BCUT2D eigenvalue weighted by atomic mass is 10.2. The van der Waals surface area contributed by atoms with Crippen LogP contribution in [0.1, 0.15) is 31.0 Å². The van der Waals surface area contributed by atoms with E-state index >= 15 is 0 Å². The van der Waals surface area contributed by atoms with Gasteiger partial charge in [0, 0.05) is 38.1 Å². The SMILES string of the molecule is CCCNCc1c(S(=O)(=O)NCCCOC)n[nH]c1C. The van der Waals surface area contributed by atoms with Crippen LogP contribution in [0.25, 0.3) is 0 Å². The molecule has 1 rings (SSSR count). The molecule has 0 radical (unpaired) electrons. The Morgan fingerprint density at radius 1 is 1.35 bits per heavy atom. The van der Waals surface area contributed by atoms with Gasteiger partial charge >= 0.3 is 0 Å². The van der Waals surface area contributed by atoms with Crippen molar-refractivity contribution >= 4 is 10.0 Å². The molecule has 0 unspecified atom stereocenters. The lowest BCUT2D eigenvalue weighted by Gasteiger charge is -2.07. The molecule has 116 valence electrons. The fourth-order valence-electron chi connectivity index (χ4n) is 1.74. The molecule has 0 saturated heterocycles. The van der Waals surface area contributed by atoms with Crippen molar-refractivity contribution in [3.8, 4) is 0 Å². The van der Waals surface area contributed by atoms with Crippen molar-refractivity contribution in [2.24, 2.45) is 0 Å². The summed E-state index contributed by atoms with van der Waals surface area (Å²) in [5.41, 5.74) is 1.46. The molecule has 1 aromatic heterocycles. The lowest BCUT2D eigenvalue weighted by molar-refractivity contribution is 0.196. The minimum atomic E-state index is -3.58. The molecule has 0 bridgehead atoms. The topological polar surface area (TPSA) is 96.1 Å². The fraction of sp³-hybridized carbons (Fsp3) is 0.750. The Balaban J connectivity index is 2.73. The maximum absolute atomic E-state index is 12.2. The second-order valence-electron chi connectivity index (χ2n) is 4.55. The van der Waals surface area contributed by atoms with E-state index in [1.54, 1.807) is 7.11 Å². The Morgan fingerprint density at radius 2 is 2.10 bits per heavy atom. The molecule has 0 fully saturated rings. The van der Waals surface area contributed by atoms with Gasteiger partial charge in [-0.15, -0.1) is 0 Å². The zero-order chi connectivity index (χ0) is 15.0. The first kappa shape index (κ1) is 17.1. The number of methoxy groups -OCH3 is 1. The molecule has 0 aliphatic carbocycles. The van der Waals surface area contributed by atoms with Gasteiger partial charge < -0.3 is 10.1 Å². The molecule has 0 spiro atoms.